The molecule has 2 rings (SSSR count). The van der Waals surface area contributed by atoms with Crippen molar-refractivity contribution in [3.63, 3.8) is 0 Å². The zero-order chi connectivity index (χ0) is 20.5. The minimum atomic E-state index is -0.627. The highest BCUT2D eigenvalue weighted by atomic mass is 19.1. The van der Waals surface area contributed by atoms with Gasteiger partial charge in [-0.1, -0.05) is 48.9 Å². The molecular formula is C22H27FN2O3. The summed E-state index contributed by atoms with van der Waals surface area (Å²) in [6.45, 7) is 6.08. The summed E-state index contributed by atoms with van der Waals surface area (Å²) in [5.41, 5.74) is 2.02. The number of carbonyl (C=O) groups excluding carboxylic acids is 2. The lowest BCUT2D eigenvalue weighted by molar-refractivity contribution is -0.143. The molecule has 1 atom stereocenters. The molecule has 0 aliphatic carbocycles. The van der Waals surface area contributed by atoms with E-state index in [2.05, 4.69) is 5.32 Å². The quantitative estimate of drug-likeness (QED) is 0.718. The number of para-hydroxylation sites is 1. The maximum absolute atomic E-state index is 13.8. The number of hydrogen-bond acceptors (Lipinski definition) is 3. The number of amides is 2. The second-order valence-corrected chi connectivity index (χ2v) is 6.54. The lowest BCUT2D eigenvalue weighted by Crippen LogP contribution is -2.50. The third-order valence-electron chi connectivity index (χ3n) is 4.40. The largest absolute Gasteiger partial charge is 0.481 e. The molecule has 0 aliphatic rings. The van der Waals surface area contributed by atoms with Crippen LogP contribution in [0.3, 0.4) is 0 Å². The first kappa shape index (κ1) is 21.4. The number of aryl methyl sites for hydroxylation is 1. The van der Waals surface area contributed by atoms with Gasteiger partial charge in [-0.15, -0.1) is 0 Å². The molecule has 0 aromatic heterocycles. The van der Waals surface area contributed by atoms with E-state index in [4.69, 9.17) is 4.74 Å². The Kier molecular flexibility index (Phi) is 7.99. The van der Waals surface area contributed by atoms with E-state index in [0.29, 0.717) is 13.0 Å². The van der Waals surface area contributed by atoms with E-state index in [1.807, 2.05) is 45.0 Å². The molecule has 0 bridgehead atoms. The van der Waals surface area contributed by atoms with Gasteiger partial charge in [-0.3, -0.25) is 9.59 Å². The van der Waals surface area contributed by atoms with E-state index >= 15 is 0 Å². The van der Waals surface area contributed by atoms with Gasteiger partial charge in [-0.05, 0) is 38.0 Å². The number of likely N-dealkylation sites (N-methyl/N-ethyl adjacent to an activating group) is 1. The Hall–Kier alpha value is -2.89. The molecule has 0 unspecified atom stereocenters. The number of benzene rings is 2. The van der Waals surface area contributed by atoms with Gasteiger partial charge in [0.2, 0.25) is 5.91 Å². The van der Waals surface area contributed by atoms with E-state index in [1.54, 1.807) is 12.1 Å². The van der Waals surface area contributed by atoms with E-state index in [9.17, 15) is 14.0 Å². The van der Waals surface area contributed by atoms with Crippen LogP contribution in [0.25, 0.3) is 0 Å². The molecule has 2 amide bonds. The van der Waals surface area contributed by atoms with Gasteiger partial charge in [0, 0.05) is 13.1 Å². The van der Waals surface area contributed by atoms with Crippen LogP contribution in [0, 0.1) is 12.7 Å². The van der Waals surface area contributed by atoms with Crippen molar-refractivity contribution in [1.82, 2.24) is 10.2 Å². The van der Waals surface area contributed by atoms with Crippen LogP contribution < -0.4 is 10.1 Å². The molecule has 2 aromatic carbocycles. The highest BCUT2D eigenvalue weighted by Gasteiger charge is 2.28. The molecule has 150 valence electrons. The summed E-state index contributed by atoms with van der Waals surface area (Å²) in [5, 5.41) is 2.78. The van der Waals surface area contributed by atoms with Crippen LogP contribution in [0.1, 0.15) is 31.4 Å². The van der Waals surface area contributed by atoms with Crippen molar-refractivity contribution in [2.75, 3.05) is 13.2 Å². The van der Waals surface area contributed by atoms with Crippen LogP contribution in [0.4, 0.5) is 4.39 Å². The van der Waals surface area contributed by atoms with Crippen LogP contribution >= 0.6 is 0 Å². The minimum Gasteiger partial charge on any atom is -0.481 e. The Morgan fingerprint density at radius 2 is 1.79 bits per heavy atom. The highest BCUT2D eigenvalue weighted by molar-refractivity contribution is 5.88. The Labute approximate surface area is 165 Å². The molecule has 0 fully saturated rings. The fraction of sp³-hybridized carbons (Fsp3) is 0.364. The highest BCUT2D eigenvalue weighted by Crippen LogP contribution is 2.17. The third kappa shape index (κ3) is 5.81. The molecule has 6 heteroatoms. The molecule has 0 saturated heterocycles. The molecule has 2 aromatic rings. The zero-order valence-corrected chi connectivity index (χ0v) is 16.6. The second kappa shape index (κ2) is 10.4. The number of nitrogens with one attached hydrogen (secondary N) is 1. The number of nitrogens with zero attached hydrogens (tertiary/aromatic N) is 1. The number of ether oxygens (including phenoxy) is 1. The molecule has 0 saturated carbocycles. The summed E-state index contributed by atoms with van der Waals surface area (Å²) in [4.78, 5) is 26.9. The van der Waals surface area contributed by atoms with Crippen molar-refractivity contribution in [3.05, 3.63) is 65.5 Å². The summed E-state index contributed by atoms with van der Waals surface area (Å²) in [7, 11) is 0. The summed E-state index contributed by atoms with van der Waals surface area (Å²) in [6, 6.07) is 13.1. The van der Waals surface area contributed by atoms with E-state index < -0.39 is 11.9 Å². The number of carbonyl (C=O) groups is 2. The van der Waals surface area contributed by atoms with Crippen molar-refractivity contribution < 1.29 is 18.7 Å². The molecule has 1 N–H and O–H groups in total. The van der Waals surface area contributed by atoms with E-state index in [0.717, 1.165) is 11.1 Å². The van der Waals surface area contributed by atoms with Gasteiger partial charge in [-0.2, -0.15) is 0 Å². The van der Waals surface area contributed by atoms with Crippen LogP contribution in [0.2, 0.25) is 0 Å². The van der Waals surface area contributed by atoms with Gasteiger partial charge in [0.05, 0.1) is 0 Å². The first-order valence-corrected chi connectivity index (χ1v) is 9.46. The maximum atomic E-state index is 13.8. The standard InChI is InChI=1S/C22H27FN2O3/c1-4-19(22(27)24-5-2)25(14-17-12-10-16(3)11-13-17)21(26)15-28-20-9-7-6-8-18(20)23/h6-13,19H,4-5,14-15H2,1-3H3,(H,24,27)/t19-/m0/s1. The van der Waals surface area contributed by atoms with Gasteiger partial charge < -0.3 is 15.0 Å². The van der Waals surface area contributed by atoms with Crippen molar-refractivity contribution >= 4 is 11.8 Å². The van der Waals surface area contributed by atoms with Gasteiger partial charge in [0.15, 0.2) is 18.2 Å². The van der Waals surface area contributed by atoms with Gasteiger partial charge >= 0.3 is 0 Å². The summed E-state index contributed by atoms with van der Waals surface area (Å²) in [6.07, 6.45) is 0.461. The van der Waals surface area contributed by atoms with Gasteiger partial charge in [-0.25, -0.2) is 4.39 Å². The van der Waals surface area contributed by atoms with Crippen LogP contribution in [-0.2, 0) is 16.1 Å². The fourth-order valence-corrected chi connectivity index (χ4v) is 2.89. The van der Waals surface area contributed by atoms with E-state index in [-0.39, 0.29) is 30.7 Å². The smallest absolute Gasteiger partial charge is 0.261 e. The van der Waals surface area contributed by atoms with Crippen LogP contribution in [-0.4, -0.2) is 35.9 Å². The minimum absolute atomic E-state index is 0.0113. The Balaban J connectivity index is 2.19. The molecule has 0 heterocycles. The van der Waals surface area contributed by atoms with Gasteiger partial charge in [0.1, 0.15) is 6.04 Å². The maximum Gasteiger partial charge on any atom is 0.261 e. The number of hydrogen-bond donors (Lipinski definition) is 1. The first-order valence-electron chi connectivity index (χ1n) is 9.46. The molecule has 5 nitrogen and oxygen atoms in total. The fourth-order valence-electron chi connectivity index (χ4n) is 2.89. The number of rotatable bonds is 9. The Bertz CT molecular complexity index is 793. The Morgan fingerprint density at radius 3 is 2.39 bits per heavy atom. The normalized spacial score (nSPS) is 11.6. The average Bonchev–Trinajstić information content (AvgIpc) is 2.68. The molecular weight excluding hydrogens is 359 g/mol. The van der Waals surface area contributed by atoms with Crippen LogP contribution in [0.15, 0.2) is 48.5 Å². The molecule has 28 heavy (non-hydrogen) atoms. The average molecular weight is 386 g/mol. The predicted octanol–water partition coefficient (Wildman–Crippen LogP) is 3.46. The first-order chi connectivity index (χ1) is 13.5. The lowest BCUT2D eigenvalue weighted by atomic mass is 10.1. The van der Waals surface area contributed by atoms with Crippen LogP contribution in [0.5, 0.6) is 5.75 Å². The topological polar surface area (TPSA) is 58.6 Å². The van der Waals surface area contributed by atoms with Crippen molar-refractivity contribution in [1.29, 1.82) is 0 Å². The predicted molar refractivity (Wildman–Crippen MR) is 106 cm³/mol. The summed E-state index contributed by atoms with van der Waals surface area (Å²) < 4.78 is 19.1. The lowest BCUT2D eigenvalue weighted by Gasteiger charge is -2.30. The molecule has 0 spiro atoms. The number of halogens is 1. The zero-order valence-electron chi connectivity index (χ0n) is 16.6. The Morgan fingerprint density at radius 1 is 1.11 bits per heavy atom. The van der Waals surface area contributed by atoms with E-state index in [1.165, 1.54) is 17.0 Å². The van der Waals surface area contributed by atoms with Crippen molar-refractivity contribution in [2.24, 2.45) is 0 Å². The SMILES string of the molecule is CCNC(=O)[C@H](CC)N(Cc1ccc(C)cc1)C(=O)COc1ccccc1F. The second-order valence-electron chi connectivity index (χ2n) is 6.54. The summed E-state index contributed by atoms with van der Waals surface area (Å²) in [5.74, 6) is -1.10. The molecule has 0 radical (unpaired) electrons. The van der Waals surface area contributed by atoms with Crippen molar-refractivity contribution in [2.45, 2.75) is 39.8 Å². The molecule has 0 aliphatic heterocycles. The summed E-state index contributed by atoms with van der Waals surface area (Å²) >= 11 is 0. The monoisotopic (exact) mass is 386 g/mol. The third-order valence-corrected chi connectivity index (χ3v) is 4.40. The van der Waals surface area contributed by atoms with Gasteiger partial charge in [0.25, 0.3) is 5.91 Å². The van der Waals surface area contributed by atoms with Crippen molar-refractivity contribution in [3.8, 4) is 5.75 Å².